The molecule has 0 aliphatic carbocycles. The summed E-state index contributed by atoms with van der Waals surface area (Å²) < 4.78 is 33.3. The SMILES string of the molecule is C[C@H](NC(=O)COc1ccc(/C=N\NC(=O)CN(c2cc(Cl)cc(Cl)c2)S(=O)(=O)c2ccccc2)cc1)c1ccccc1. The van der Waals surface area contributed by atoms with Gasteiger partial charge in [0.2, 0.25) is 0 Å². The van der Waals surface area contributed by atoms with Crippen LogP contribution in [0.15, 0.2) is 113 Å². The van der Waals surface area contributed by atoms with E-state index in [9.17, 15) is 18.0 Å². The van der Waals surface area contributed by atoms with Gasteiger partial charge in [0.05, 0.1) is 22.8 Å². The van der Waals surface area contributed by atoms with Crippen molar-refractivity contribution in [2.45, 2.75) is 17.9 Å². The second-order valence-corrected chi connectivity index (χ2v) is 12.0. The summed E-state index contributed by atoms with van der Waals surface area (Å²) in [5, 5.41) is 7.25. The first-order valence-corrected chi connectivity index (χ1v) is 15.2. The van der Waals surface area contributed by atoms with Gasteiger partial charge in [0, 0.05) is 10.0 Å². The molecule has 1 atom stereocenters. The third kappa shape index (κ3) is 9.05. The molecule has 43 heavy (non-hydrogen) atoms. The Hall–Kier alpha value is -4.38. The lowest BCUT2D eigenvalue weighted by atomic mass is 10.1. The van der Waals surface area contributed by atoms with E-state index in [0.29, 0.717) is 11.3 Å². The Balaban J connectivity index is 1.34. The lowest BCUT2D eigenvalue weighted by molar-refractivity contribution is -0.123. The van der Waals surface area contributed by atoms with E-state index in [1.165, 1.54) is 36.5 Å². The second kappa shape index (κ2) is 14.7. The summed E-state index contributed by atoms with van der Waals surface area (Å²) in [5.74, 6) is -0.471. The van der Waals surface area contributed by atoms with E-state index >= 15 is 0 Å². The maximum absolute atomic E-state index is 13.4. The van der Waals surface area contributed by atoms with Gasteiger partial charge in [-0.2, -0.15) is 5.10 Å². The van der Waals surface area contributed by atoms with Crippen LogP contribution in [0, 0.1) is 0 Å². The number of rotatable bonds is 12. The molecule has 9 nitrogen and oxygen atoms in total. The van der Waals surface area contributed by atoms with Crippen LogP contribution in [-0.2, 0) is 19.6 Å². The van der Waals surface area contributed by atoms with Gasteiger partial charge in [0.25, 0.3) is 21.8 Å². The van der Waals surface area contributed by atoms with E-state index < -0.39 is 22.5 Å². The number of carbonyl (C=O) groups excluding carboxylic acids is 2. The molecular weight excluding hydrogens is 611 g/mol. The number of sulfonamides is 1. The minimum absolute atomic E-state index is 0.00658. The topological polar surface area (TPSA) is 117 Å². The highest BCUT2D eigenvalue weighted by atomic mass is 35.5. The van der Waals surface area contributed by atoms with Crippen LogP contribution in [0.1, 0.15) is 24.1 Å². The first-order chi connectivity index (χ1) is 20.6. The van der Waals surface area contributed by atoms with E-state index in [2.05, 4.69) is 15.8 Å². The highest BCUT2D eigenvalue weighted by Crippen LogP contribution is 2.29. The molecule has 0 fully saturated rings. The fraction of sp³-hybridized carbons (Fsp3) is 0.129. The number of nitrogens with zero attached hydrogens (tertiary/aromatic N) is 2. The summed E-state index contributed by atoms with van der Waals surface area (Å²) in [6.45, 7) is 1.16. The molecule has 4 aromatic carbocycles. The monoisotopic (exact) mass is 638 g/mol. The summed E-state index contributed by atoms with van der Waals surface area (Å²) in [6.07, 6.45) is 1.39. The molecule has 2 N–H and O–H groups in total. The quantitative estimate of drug-likeness (QED) is 0.155. The van der Waals surface area contributed by atoms with Crippen molar-refractivity contribution in [3.8, 4) is 5.75 Å². The molecule has 0 radical (unpaired) electrons. The second-order valence-electron chi connectivity index (χ2n) is 9.30. The molecule has 0 bridgehead atoms. The van der Waals surface area contributed by atoms with Gasteiger partial charge in [-0.15, -0.1) is 0 Å². The standard InChI is InChI=1S/C31H28Cl2N4O5S/c1-22(24-8-4-2-5-9-24)35-31(39)21-42-28-14-12-23(13-15-28)19-34-36-30(38)20-37(27-17-25(32)16-26(33)18-27)43(40,41)29-10-6-3-7-11-29/h2-19,22H,20-21H2,1H3,(H,35,39)(H,36,38)/b34-19-/t22-/m0/s1. The third-order valence-electron chi connectivity index (χ3n) is 6.08. The van der Waals surface area contributed by atoms with Crippen molar-refractivity contribution in [3.05, 3.63) is 124 Å². The fourth-order valence-electron chi connectivity index (χ4n) is 3.97. The smallest absolute Gasteiger partial charge is 0.264 e. The van der Waals surface area contributed by atoms with Crippen LogP contribution in [0.3, 0.4) is 0 Å². The number of nitrogens with one attached hydrogen (secondary N) is 2. The Morgan fingerprint density at radius 2 is 1.49 bits per heavy atom. The molecule has 0 heterocycles. The maximum Gasteiger partial charge on any atom is 0.264 e. The number of hydrogen-bond acceptors (Lipinski definition) is 6. The minimum Gasteiger partial charge on any atom is -0.484 e. The number of halogens is 2. The zero-order chi connectivity index (χ0) is 30.8. The molecule has 0 aliphatic rings. The molecule has 4 aromatic rings. The van der Waals surface area contributed by atoms with Gasteiger partial charge in [-0.25, -0.2) is 13.8 Å². The van der Waals surface area contributed by atoms with Gasteiger partial charge in [-0.1, -0.05) is 71.7 Å². The minimum atomic E-state index is -4.14. The molecule has 0 saturated heterocycles. The number of carbonyl (C=O) groups is 2. The van der Waals surface area contributed by atoms with E-state index in [-0.39, 0.29) is 39.2 Å². The molecule has 0 unspecified atom stereocenters. The Morgan fingerprint density at radius 3 is 2.12 bits per heavy atom. The van der Waals surface area contributed by atoms with Crippen molar-refractivity contribution in [2.75, 3.05) is 17.5 Å². The first kappa shape index (κ1) is 31.6. The Morgan fingerprint density at radius 1 is 0.884 bits per heavy atom. The average Bonchev–Trinajstić information content (AvgIpc) is 2.99. The van der Waals surface area contributed by atoms with Crippen LogP contribution in [-0.4, -0.2) is 39.6 Å². The normalized spacial score (nSPS) is 12.0. The summed E-state index contributed by atoms with van der Waals surface area (Å²) >= 11 is 12.2. The molecule has 222 valence electrons. The molecule has 12 heteroatoms. The van der Waals surface area contributed by atoms with E-state index in [4.69, 9.17) is 27.9 Å². The zero-order valence-electron chi connectivity index (χ0n) is 23.0. The zero-order valence-corrected chi connectivity index (χ0v) is 25.3. The van der Waals surface area contributed by atoms with E-state index in [1.54, 1.807) is 42.5 Å². The molecule has 0 saturated carbocycles. The number of ether oxygens (including phenoxy) is 1. The summed E-state index contributed by atoms with van der Waals surface area (Å²) in [7, 11) is -4.14. The van der Waals surface area contributed by atoms with Gasteiger partial charge in [-0.3, -0.25) is 13.9 Å². The van der Waals surface area contributed by atoms with Gasteiger partial charge in [-0.05, 0) is 72.6 Å². The number of anilines is 1. The molecule has 0 aromatic heterocycles. The Bertz CT molecular complexity index is 1670. The van der Waals surface area contributed by atoms with Crippen LogP contribution >= 0.6 is 23.2 Å². The van der Waals surface area contributed by atoms with Crippen molar-refractivity contribution < 1.29 is 22.7 Å². The van der Waals surface area contributed by atoms with Crippen LogP contribution in [0.2, 0.25) is 10.0 Å². The summed E-state index contributed by atoms with van der Waals surface area (Å²) in [6, 6.07) is 28.1. The van der Waals surface area contributed by atoms with Crippen LogP contribution in [0.25, 0.3) is 0 Å². The van der Waals surface area contributed by atoms with E-state index in [0.717, 1.165) is 9.87 Å². The maximum atomic E-state index is 13.4. The van der Waals surface area contributed by atoms with Crippen molar-refractivity contribution in [2.24, 2.45) is 5.10 Å². The highest BCUT2D eigenvalue weighted by Gasteiger charge is 2.27. The van der Waals surface area contributed by atoms with Crippen molar-refractivity contribution >= 4 is 56.9 Å². The summed E-state index contributed by atoms with van der Waals surface area (Å²) in [4.78, 5) is 25.0. The molecular formula is C31H28Cl2N4O5S. The van der Waals surface area contributed by atoms with Crippen LogP contribution in [0.5, 0.6) is 5.75 Å². The van der Waals surface area contributed by atoms with E-state index in [1.807, 2.05) is 37.3 Å². The first-order valence-electron chi connectivity index (χ1n) is 13.0. The third-order valence-corrected chi connectivity index (χ3v) is 8.31. The number of amides is 2. The predicted molar refractivity (Wildman–Crippen MR) is 168 cm³/mol. The van der Waals surface area contributed by atoms with Crippen molar-refractivity contribution in [3.63, 3.8) is 0 Å². The number of benzene rings is 4. The molecule has 4 rings (SSSR count). The van der Waals surface area contributed by atoms with Crippen LogP contribution < -0.4 is 19.8 Å². The van der Waals surface area contributed by atoms with Gasteiger partial charge in [0.15, 0.2) is 6.61 Å². The van der Waals surface area contributed by atoms with Crippen molar-refractivity contribution in [1.29, 1.82) is 0 Å². The van der Waals surface area contributed by atoms with Crippen LogP contribution in [0.4, 0.5) is 5.69 Å². The van der Waals surface area contributed by atoms with Gasteiger partial charge < -0.3 is 10.1 Å². The lowest BCUT2D eigenvalue weighted by Gasteiger charge is -2.24. The highest BCUT2D eigenvalue weighted by molar-refractivity contribution is 7.92. The van der Waals surface area contributed by atoms with Gasteiger partial charge in [0.1, 0.15) is 12.3 Å². The number of hydrogen-bond donors (Lipinski definition) is 2. The number of hydrazone groups is 1. The van der Waals surface area contributed by atoms with Crippen molar-refractivity contribution in [1.82, 2.24) is 10.7 Å². The Labute approximate surface area is 260 Å². The Kier molecular flexibility index (Phi) is 10.8. The fourth-order valence-corrected chi connectivity index (χ4v) is 5.91. The molecule has 0 spiro atoms. The average molecular weight is 640 g/mol. The predicted octanol–water partition coefficient (Wildman–Crippen LogP) is 5.60. The van der Waals surface area contributed by atoms with Gasteiger partial charge >= 0.3 is 0 Å². The lowest BCUT2D eigenvalue weighted by Crippen LogP contribution is -2.39. The largest absolute Gasteiger partial charge is 0.484 e. The summed E-state index contributed by atoms with van der Waals surface area (Å²) in [5.41, 5.74) is 4.09. The molecule has 2 amide bonds. The molecule has 0 aliphatic heterocycles.